The molecule has 1 amide bonds. The highest BCUT2D eigenvalue weighted by atomic mass is 16.6. The Morgan fingerprint density at radius 2 is 1.61 bits per heavy atom. The molecule has 3 aliphatic heterocycles. The van der Waals surface area contributed by atoms with Crippen LogP contribution in [0, 0.1) is 35.5 Å². The zero-order chi connectivity index (χ0) is 49.6. The molecule has 0 radical (unpaired) electrons. The van der Waals surface area contributed by atoms with Crippen molar-refractivity contribution in [1.29, 1.82) is 0 Å². The largest absolute Gasteiger partial charge is 0.460 e. The minimum atomic E-state index is -2.48. The Kier molecular flexibility index (Phi) is 22.3. The summed E-state index contributed by atoms with van der Waals surface area (Å²) in [6.45, 7) is 12.4. The highest BCUT2D eigenvalue weighted by Gasteiger charge is 2.53. The van der Waals surface area contributed by atoms with Crippen molar-refractivity contribution in [3.8, 4) is 0 Å². The van der Waals surface area contributed by atoms with Crippen molar-refractivity contribution in [3.63, 3.8) is 0 Å². The van der Waals surface area contributed by atoms with Crippen molar-refractivity contribution in [3.05, 3.63) is 47.6 Å². The van der Waals surface area contributed by atoms with Crippen LogP contribution in [-0.2, 0) is 47.7 Å². The molecule has 2 saturated heterocycles. The highest BCUT2D eigenvalue weighted by Crippen LogP contribution is 2.38. The summed E-state index contributed by atoms with van der Waals surface area (Å²) in [7, 11) is 2.93. The molecule has 4 aliphatic rings. The number of Topliss-reactive ketones (excluding diaryl/α,β-unsaturated/α-hetero) is 3. The van der Waals surface area contributed by atoms with Gasteiger partial charge in [0, 0.05) is 51.4 Å². The zero-order valence-corrected chi connectivity index (χ0v) is 41.5. The molecule has 2 unspecified atom stereocenters. The number of ether oxygens (including phenoxy) is 5. The first kappa shape index (κ1) is 56.2. The first-order valence-corrected chi connectivity index (χ1v) is 24.6. The molecule has 1 saturated carbocycles. The van der Waals surface area contributed by atoms with Gasteiger partial charge in [-0.25, -0.2) is 4.79 Å². The second-order valence-corrected chi connectivity index (χ2v) is 19.9. The standard InChI is InChI=1S/C52H81NO14/c1-31-15-11-10-12-16-32(2)43(65-24-23-54)29-39-20-18-37(7)52(62,67-39)49(59)50(60)53-22-14-13-17-40(53)51(61)66-44(34(4)27-38-19-21-41(55)45(28-38)63-8)30-42(56)33(3)26-36(6)47(58)48(64-9)46(57)35(5)25-31/h10-12,15-16,26,31,33-35,37-41,43-45,47-48,54-55,58,62H,13-14,17-25,27-30H2,1-9H3/b12-10+,15-11+,32-16+,36-26+/t31-,33-,34-,35-,37-,38+,39+,40+,41-,43?,44+,45-,47-,48+,52?/m1/s1. The molecule has 2 bridgehead atoms. The molecule has 3 fully saturated rings. The first-order chi connectivity index (χ1) is 31.7. The van der Waals surface area contributed by atoms with Crippen LogP contribution in [0.2, 0.25) is 0 Å². The number of nitrogens with zero attached hydrogens (tertiary/aromatic N) is 1. The molecule has 378 valence electrons. The highest BCUT2D eigenvalue weighted by molar-refractivity contribution is 6.39. The minimum Gasteiger partial charge on any atom is -0.460 e. The predicted molar refractivity (Wildman–Crippen MR) is 251 cm³/mol. The third kappa shape index (κ3) is 15.3. The van der Waals surface area contributed by atoms with Crippen LogP contribution in [0.4, 0.5) is 0 Å². The van der Waals surface area contributed by atoms with Gasteiger partial charge in [-0.15, -0.1) is 0 Å². The Hall–Kier alpha value is -3.41. The summed E-state index contributed by atoms with van der Waals surface area (Å²) in [6, 6.07) is -1.16. The van der Waals surface area contributed by atoms with Gasteiger partial charge in [-0.1, -0.05) is 71.1 Å². The summed E-state index contributed by atoms with van der Waals surface area (Å²) < 4.78 is 29.6. The van der Waals surface area contributed by atoms with Crippen LogP contribution in [-0.4, -0.2) is 143 Å². The molecular weight excluding hydrogens is 863 g/mol. The van der Waals surface area contributed by atoms with E-state index in [1.54, 1.807) is 40.9 Å². The molecule has 15 atom stereocenters. The number of fused-ring (bicyclic) bond motifs is 3. The fourth-order valence-electron chi connectivity index (χ4n) is 10.2. The molecule has 67 heavy (non-hydrogen) atoms. The topological polar surface area (TPSA) is 216 Å². The molecule has 1 aliphatic carbocycles. The Morgan fingerprint density at radius 3 is 2.30 bits per heavy atom. The number of amides is 1. The maximum absolute atomic E-state index is 14.4. The number of allylic oxidation sites excluding steroid dienone is 6. The molecular formula is C52H81NO14. The Labute approximate surface area is 398 Å². The molecule has 4 rings (SSSR count). The van der Waals surface area contributed by atoms with Gasteiger partial charge >= 0.3 is 5.97 Å². The van der Waals surface area contributed by atoms with E-state index in [0.717, 1.165) is 5.57 Å². The molecule has 0 aromatic heterocycles. The van der Waals surface area contributed by atoms with E-state index in [-0.39, 0.29) is 74.4 Å². The Bertz CT molecular complexity index is 1790. The monoisotopic (exact) mass is 944 g/mol. The average molecular weight is 944 g/mol. The number of carbonyl (C=O) groups excluding carboxylic acids is 5. The molecule has 0 aromatic rings. The summed E-state index contributed by atoms with van der Waals surface area (Å²) in [4.78, 5) is 72.0. The maximum Gasteiger partial charge on any atom is 0.329 e. The average Bonchev–Trinajstić information content (AvgIpc) is 3.30. The van der Waals surface area contributed by atoms with E-state index in [1.807, 2.05) is 51.2 Å². The summed E-state index contributed by atoms with van der Waals surface area (Å²) in [5.74, 6) is -8.25. The van der Waals surface area contributed by atoms with Crippen LogP contribution in [0.5, 0.6) is 0 Å². The van der Waals surface area contributed by atoms with Gasteiger partial charge in [0.15, 0.2) is 5.78 Å². The van der Waals surface area contributed by atoms with Gasteiger partial charge < -0.3 is 49.0 Å². The lowest BCUT2D eigenvalue weighted by atomic mass is 9.78. The summed E-state index contributed by atoms with van der Waals surface area (Å²) >= 11 is 0. The van der Waals surface area contributed by atoms with E-state index in [9.17, 15) is 44.4 Å². The number of methoxy groups -OCH3 is 2. The van der Waals surface area contributed by atoms with Gasteiger partial charge in [0.25, 0.3) is 11.7 Å². The number of aliphatic hydroxyl groups excluding tert-OH is 3. The minimum absolute atomic E-state index is 0.00947. The van der Waals surface area contributed by atoms with E-state index in [1.165, 1.54) is 12.0 Å². The molecule has 4 N–H and O–H groups in total. The number of piperidine rings is 1. The van der Waals surface area contributed by atoms with Gasteiger partial charge in [-0.3, -0.25) is 19.2 Å². The number of ketones is 3. The van der Waals surface area contributed by atoms with Crippen molar-refractivity contribution in [2.45, 2.75) is 180 Å². The van der Waals surface area contributed by atoms with Gasteiger partial charge in [-0.05, 0) is 107 Å². The van der Waals surface area contributed by atoms with Gasteiger partial charge in [0.1, 0.15) is 30.1 Å². The molecule has 0 aromatic carbocycles. The molecule has 15 heteroatoms. The third-order valence-corrected chi connectivity index (χ3v) is 14.6. The van der Waals surface area contributed by atoms with Crippen LogP contribution >= 0.6 is 0 Å². The summed E-state index contributed by atoms with van der Waals surface area (Å²) in [6.07, 6.45) is 10.4. The lowest BCUT2D eigenvalue weighted by Crippen LogP contribution is -2.61. The first-order valence-electron chi connectivity index (χ1n) is 24.6. The molecule has 0 spiro atoms. The second-order valence-electron chi connectivity index (χ2n) is 19.9. The van der Waals surface area contributed by atoms with Crippen LogP contribution < -0.4 is 0 Å². The predicted octanol–water partition coefficient (Wildman–Crippen LogP) is 5.54. The van der Waals surface area contributed by atoms with E-state index < -0.39 is 83.9 Å². The van der Waals surface area contributed by atoms with Crippen LogP contribution in [0.15, 0.2) is 47.6 Å². The Balaban J connectivity index is 1.72. The van der Waals surface area contributed by atoms with Crippen molar-refractivity contribution in [1.82, 2.24) is 4.90 Å². The van der Waals surface area contributed by atoms with E-state index in [0.29, 0.717) is 63.4 Å². The second kappa shape index (κ2) is 26.5. The smallest absolute Gasteiger partial charge is 0.329 e. The van der Waals surface area contributed by atoms with E-state index in [4.69, 9.17) is 23.7 Å². The number of rotatable bonds is 8. The van der Waals surface area contributed by atoms with Crippen molar-refractivity contribution >= 4 is 29.2 Å². The summed E-state index contributed by atoms with van der Waals surface area (Å²) in [5, 5.41) is 43.5. The van der Waals surface area contributed by atoms with E-state index in [2.05, 4.69) is 0 Å². The van der Waals surface area contributed by atoms with Gasteiger partial charge in [-0.2, -0.15) is 0 Å². The number of hydrogen-bond donors (Lipinski definition) is 4. The van der Waals surface area contributed by atoms with Crippen molar-refractivity contribution in [2.24, 2.45) is 35.5 Å². The maximum atomic E-state index is 14.4. The number of esters is 1. The lowest BCUT2D eigenvalue weighted by molar-refractivity contribution is -0.266. The third-order valence-electron chi connectivity index (χ3n) is 14.6. The lowest BCUT2D eigenvalue weighted by Gasteiger charge is -2.43. The molecule has 15 nitrogen and oxygen atoms in total. The van der Waals surface area contributed by atoms with Crippen LogP contribution in [0.25, 0.3) is 0 Å². The SMILES string of the molecule is CO[C@@H]1C[C@H](C[C@@H](C)[C@@H]2CC(=O)[C@H](C)/C=C(\C)[C@@H](O)[C@@H](OC)C(=O)[C@H](C)C[C@H](C)/C=C/C=C/C=C(\C)C(OCCO)C[C@@H]3CC[C@@H](C)C(O)(O3)C(=O)C(=O)N3CCCC[C@H]3C(=O)O2)CC[C@H]1O. The number of aliphatic hydroxyl groups is 4. The van der Waals surface area contributed by atoms with Crippen molar-refractivity contribution < 1.29 is 68.1 Å². The van der Waals surface area contributed by atoms with Crippen molar-refractivity contribution in [2.75, 3.05) is 34.0 Å². The number of hydrogen-bond acceptors (Lipinski definition) is 14. The summed E-state index contributed by atoms with van der Waals surface area (Å²) in [5.41, 5.74) is 1.17. The quantitative estimate of drug-likeness (QED) is 0.134. The molecule has 3 heterocycles. The van der Waals surface area contributed by atoms with Gasteiger partial charge in [0.05, 0.1) is 37.6 Å². The number of cyclic esters (lactones) is 1. The normalized spacial score (nSPS) is 39.6. The number of carbonyl (C=O) groups is 5. The van der Waals surface area contributed by atoms with Crippen LogP contribution in [0.3, 0.4) is 0 Å². The van der Waals surface area contributed by atoms with Gasteiger partial charge in [0.2, 0.25) is 5.79 Å². The zero-order valence-electron chi connectivity index (χ0n) is 41.5. The Morgan fingerprint density at radius 1 is 0.881 bits per heavy atom. The fraction of sp³-hybridized carbons (Fsp3) is 0.750. The van der Waals surface area contributed by atoms with Crippen LogP contribution in [0.1, 0.15) is 126 Å². The van der Waals surface area contributed by atoms with E-state index >= 15 is 0 Å². The fourth-order valence-corrected chi connectivity index (χ4v) is 10.2.